The van der Waals surface area contributed by atoms with Crippen LogP contribution in [0, 0.1) is 0 Å². The topological polar surface area (TPSA) is 89.9 Å². The molecule has 0 bridgehead atoms. The molecule has 6 rings (SSSR count). The number of benzene rings is 4. The third-order valence-electron chi connectivity index (χ3n) is 6.32. The zero-order valence-electron chi connectivity index (χ0n) is 17.8. The molecule has 0 amide bonds. The number of esters is 1. The Balaban J connectivity index is 1.67. The van der Waals surface area contributed by atoms with E-state index in [0.29, 0.717) is 33.8 Å². The van der Waals surface area contributed by atoms with Crippen LogP contribution in [0.2, 0.25) is 0 Å². The molecular formula is C27H18O6S. The van der Waals surface area contributed by atoms with Crippen LogP contribution in [0.3, 0.4) is 0 Å². The SMILES string of the molecule is O=C1OC2(c3ccccc3Oc3ccccc32)c2ccc(Cc3ccccc3)c(S(=O)(=O)O)c21. The van der Waals surface area contributed by atoms with Crippen LogP contribution in [0.1, 0.15) is 38.2 Å². The van der Waals surface area contributed by atoms with E-state index >= 15 is 0 Å². The maximum absolute atomic E-state index is 13.4. The maximum Gasteiger partial charge on any atom is 0.341 e. The standard InChI is InChI=1S/C27H18O6S/c28-26-24-21(15-14-18(25(24)34(29,30)31)16-17-8-2-1-3-9-17)27(33-26)19-10-4-6-12-22(19)32-23-13-7-5-11-20(23)27/h1-15H,16H2,(H,29,30,31). The van der Waals surface area contributed by atoms with Gasteiger partial charge in [0.05, 0.1) is 5.56 Å². The summed E-state index contributed by atoms with van der Waals surface area (Å²) in [6.07, 6.45) is 0.222. The van der Waals surface area contributed by atoms with Crippen molar-refractivity contribution in [3.8, 4) is 11.5 Å². The zero-order valence-corrected chi connectivity index (χ0v) is 18.6. The van der Waals surface area contributed by atoms with Gasteiger partial charge in [-0.15, -0.1) is 0 Å². The molecule has 34 heavy (non-hydrogen) atoms. The van der Waals surface area contributed by atoms with E-state index in [-0.39, 0.29) is 12.0 Å². The van der Waals surface area contributed by atoms with E-state index in [1.165, 1.54) is 0 Å². The van der Waals surface area contributed by atoms with Crippen molar-refractivity contribution < 1.29 is 27.2 Å². The molecule has 2 heterocycles. The Morgan fingerprint density at radius 2 is 1.32 bits per heavy atom. The van der Waals surface area contributed by atoms with Gasteiger partial charge >= 0.3 is 5.97 Å². The van der Waals surface area contributed by atoms with E-state index in [1.54, 1.807) is 48.5 Å². The maximum atomic E-state index is 13.4. The van der Waals surface area contributed by atoms with Crippen molar-refractivity contribution >= 4 is 16.1 Å². The van der Waals surface area contributed by atoms with E-state index in [1.807, 2.05) is 42.5 Å². The predicted octanol–water partition coefficient (Wildman–Crippen LogP) is 5.09. The molecular weight excluding hydrogens is 452 g/mol. The molecule has 1 spiro atoms. The van der Waals surface area contributed by atoms with Gasteiger partial charge in [0.1, 0.15) is 16.4 Å². The minimum absolute atomic E-state index is 0.151. The molecule has 0 saturated heterocycles. The zero-order chi connectivity index (χ0) is 23.5. The van der Waals surface area contributed by atoms with Crippen LogP contribution in [0.4, 0.5) is 0 Å². The van der Waals surface area contributed by atoms with E-state index < -0.39 is 26.6 Å². The molecule has 0 unspecified atom stereocenters. The third kappa shape index (κ3) is 2.91. The second kappa shape index (κ2) is 7.28. The average Bonchev–Trinajstić information content (AvgIpc) is 3.12. The van der Waals surface area contributed by atoms with Crippen molar-refractivity contribution in [1.29, 1.82) is 0 Å². The Labute approximate surface area is 196 Å². The molecule has 0 aliphatic carbocycles. The molecule has 7 heteroatoms. The number of hydrogen-bond acceptors (Lipinski definition) is 5. The van der Waals surface area contributed by atoms with E-state index in [0.717, 1.165) is 5.56 Å². The van der Waals surface area contributed by atoms with E-state index in [2.05, 4.69) is 0 Å². The minimum atomic E-state index is -4.75. The normalized spacial score (nSPS) is 15.1. The summed E-state index contributed by atoms with van der Waals surface area (Å²) < 4.78 is 47.6. The van der Waals surface area contributed by atoms with Crippen molar-refractivity contribution in [3.05, 3.63) is 124 Å². The largest absolute Gasteiger partial charge is 0.456 e. The van der Waals surface area contributed by atoms with Crippen LogP contribution < -0.4 is 4.74 Å². The summed E-state index contributed by atoms with van der Waals surface area (Å²) in [5.41, 5.74) is 1.12. The van der Waals surface area contributed by atoms with Crippen molar-refractivity contribution in [3.63, 3.8) is 0 Å². The van der Waals surface area contributed by atoms with Gasteiger partial charge in [-0.1, -0.05) is 78.9 Å². The predicted molar refractivity (Wildman–Crippen MR) is 124 cm³/mol. The molecule has 0 fully saturated rings. The molecule has 6 nitrogen and oxygen atoms in total. The Morgan fingerprint density at radius 3 is 1.94 bits per heavy atom. The summed E-state index contributed by atoms with van der Waals surface area (Å²) in [5, 5.41) is 0. The molecule has 0 aromatic heterocycles. The fourth-order valence-electron chi connectivity index (χ4n) is 4.97. The second-order valence-corrected chi connectivity index (χ2v) is 9.64. The van der Waals surface area contributed by atoms with Gasteiger partial charge in [0.2, 0.25) is 0 Å². The Hall–Kier alpha value is -3.94. The van der Waals surface area contributed by atoms with Crippen LogP contribution in [-0.4, -0.2) is 18.9 Å². The highest BCUT2D eigenvalue weighted by molar-refractivity contribution is 7.86. The number of carbonyl (C=O) groups excluding carboxylic acids is 1. The Bertz CT molecular complexity index is 1530. The molecule has 0 atom stereocenters. The summed E-state index contributed by atoms with van der Waals surface area (Å²) in [4.78, 5) is 13.0. The van der Waals surface area contributed by atoms with Crippen molar-refractivity contribution in [2.75, 3.05) is 0 Å². The van der Waals surface area contributed by atoms with Crippen LogP contribution in [-0.2, 0) is 26.9 Å². The van der Waals surface area contributed by atoms with Gasteiger partial charge in [0.15, 0.2) is 5.60 Å². The summed E-state index contributed by atoms with van der Waals surface area (Å²) in [6.45, 7) is 0. The smallest absolute Gasteiger partial charge is 0.341 e. The van der Waals surface area contributed by atoms with E-state index in [9.17, 15) is 17.8 Å². The number of fused-ring (bicyclic) bond motifs is 6. The highest BCUT2D eigenvalue weighted by Gasteiger charge is 2.55. The summed E-state index contributed by atoms with van der Waals surface area (Å²) in [5.74, 6) is 0.191. The van der Waals surface area contributed by atoms with Gasteiger partial charge in [0, 0.05) is 16.7 Å². The quantitative estimate of drug-likeness (QED) is 0.331. The first-order valence-electron chi connectivity index (χ1n) is 10.7. The van der Waals surface area contributed by atoms with Crippen molar-refractivity contribution in [1.82, 2.24) is 0 Å². The number of carbonyl (C=O) groups is 1. The molecule has 2 aliphatic rings. The van der Waals surface area contributed by atoms with Gasteiger partial charge in [-0.2, -0.15) is 8.42 Å². The number of rotatable bonds is 3. The molecule has 4 aromatic rings. The lowest BCUT2D eigenvalue weighted by molar-refractivity contribution is 0.0222. The second-order valence-electron chi connectivity index (χ2n) is 8.28. The molecule has 168 valence electrons. The lowest BCUT2D eigenvalue weighted by atomic mass is 9.77. The summed E-state index contributed by atoms with van der Waals surface area (Å²) >= 11 is 0. The van der Waals surface area contributed by atoms with Gasteiger partial charge in [-0.25, -0.2) is 4.79 Å². The van der Waals surface area contributed by atoms with Crippen molar-refractivity contribution in [2.45, 2.75) is 16.9 Å². The van der Waals surface area contributed by atoms with Crippen LogP contribution in [0.15, 0.2) is 95.9 Å². The highest BCUT2D eigenvalue weighted by atomic mass is 32.2. The van der Waals surface area contributed by atoms with Gasteiger partial charge in [0.25, 0.3) is 10.1 Å². The monoisotopic (exact) mass is 470 g/mol. The summed E-state index contributed by atoms with van der Waals surface area (Å²) in [7, 11) is -4.75. The van der Waals surface area contributed by atoms with Crippen molar-refractivity contribution in [2.24, 2.45) is 0 Å². The molecule has 1 N–H and O–H groups in total. The first-order chi connectivity index (χ1) is 16.4. The fourth-order valence-corrected chi connectivity index (χ4v) is 5.90. The van der Waals surface area contributed by atoms with Crippen LogP contribution in [0.25, 0.3) is 0 Å². The Kier molecular flexibility index (Phi) is 4.42. The van der Waals surface area contributed by atoms with Gasteiger partial charge in [-0.3, -0.25) is 4.55 Å². The van der Waals surface area contributed by atoms with Gasteiger partial charge < -0.3 is 9.47 Å². The Morgan fingerprint density at radius 1 is 0.735 bits per heavy atom. The molecule has 0 radical (unpaired) electrons. The molecule has 4 aromatic carbocycles. The average molecular weight is 471 g/mol. The third-order valence-corrected chi connectivity index (χ3v) is 7.30. The first kappa shape index (κ1) is 20.7. The number of ether oxygens (including phenoxy) is 2. The summed E-state index contributed by atoms with van der Waals surface area (Å²) in [6, 6.07) is 26.9. The molecule has 2 aliphatic heterocycles. The number of para-hydroxylation sites is 2. The lowest BCUT2D eigenvalue weighted by Gasteiger charge is -2.36. The minimum Gasteiger partial charge on any atom is -0.456 e. The van der Waals surface area contributed by atoms with E-state index in [4.69, 9.17) is 9.47 Å². The number of hydrogen-bond donors (Lipinski definition) is 1. The van der Waals surface area contributed by atoms with Crippen LogP contribution >= 0.6 is 0 Å². The molecule has 0 saturated carbocycles. The fraction of sp³-hybridized carbons (Fsp3) is 0.0741. The van der Waals surface area contributed by atoms with Gasteiger partial charge in [-0.05, 0) is 29.7 Å². The first-order valence-corrected chi connectivity index (χ1v) is 12.1. The lowest BCUT2D eigenvalue weighted by Crippen LogP contribution is -2.32. The van der Waals surface area contributed by atoms with Crippen LogP contribution in [0.5, 0.6) is 11.5 Å². The highest BCUT2D eigenvalue weighted by Crippen LogP contribution is 2.56.